The van der Waals surface area contributed by atoms with Crippen LogP contribution in [0.5, 0.6) is 0 Å². The summed E-state index contributed by atoms with van der Waals surface area (Å²) in [6.45, 7) is 0. The van der Waals surface area contributed by atoms with Gasteiger partial charge < -0.3 is 0 Å². The second-order valence-corrected chi connectivity index (χ2v) is 6.90. The molecule has 0 aliphatic heterocycles. The molecule has 0 spiro atoms. The van der Waals surface area contributed by atoms with Crippen LogP contribution >= 0.6 is 8.92 Å². The van der Waals surface area contributed by atoms with Crippen LogP contribution in [0.15, 0.2) is 0 Å². The summed E-state index contributed by atoms with van der Waals surface area (Å²) in [5, 5.41) is 17.1. The first kappa shape index (κ1) is 13.0. The van der Waals surface area contributed by atoms with E-state index in [0.717, 1.165) is 12.8 Å². The van der Waals surface area contributed by atoms with Crippen molar-refractivity contribution < 1.29 is 10.2 Å². The molecule has 0 aromatic carbocycles. The van der Waals surface area contributed by atoms with Crippen molar-refractivity contribution in [2.75, 3.05) is 0 Å². The first-order chi connectivity index (χ1) is 5.77. The van der Waals surface area contributed by atoms with E-state index in [1.165, 1.54) is 23.7 Å². The number of rotatable bonds is 8. The zero-order chi connectivity index (χ0) is 9.23. The van der Waals surface area contributed by atoms with E-state index in [1.54, 1.807) is 0 Å². The van der Waals surface area contributed by atoms with Crippen molar-refractivity contribution in [1.82, 2.24) is 0 Å². The fraction of sp³-hybridized carbons (Fsp3) is 1.00. The summed E-state index contributed by atoms with van der Waals surface area (Å²) < 4.78 is 1.27. The zero-order valence-electron chi connectivity index (χ0n) is 7.30. The Morgan fingerprint density at radius 1 is 1.00 bits per heavy atom. The SMILES string of the molecule is OC(O)CCCCCC[CH2][Sn][Cl]. The van der Waals surface area contributed by atoms with E-state index in [1.807, 2.05) is 0 Å². The molecule has 2 N–H and O–H groups in total. The third-order valence-electron chi connectivity index (χ3n) is 1.73. The molecule has 0 aliphatic rings. The van der Waals surface area contributed by atoms with Crippen LogP contribution in [0.1, 0.15) is 38.5 Å². The summed E-state index contributed by atoms with van der Waals surface area (Å²) in [4.78, 5) is 0. The predicted molar refractivity (Wildman–Crippen MR) is 52.3 cm³/mol. The quantitative estimate of drug-likeness (QED) is 0.408. The molecular formula is C8H17ClO2Sn. The van der Waals surface area contributed by atoms with Gasteiger partial charge in [0.1, 0.15) is 0 Å². The van der Waals surface area contributed by atoms with Crippen molar-refractivity contribution in [2.24, 2.45) is 0 Å². The zero-order valence-corrected chi connectivity index (χ0v) is 10.9. The molecule has 0 rings (SSSR count). The Labute approximate surface area is 88.2 Å². The van der Waals surface area contributed by atoms with Crippen molar-refractivity contribution in [2.45, 2.75) is 49.3 Å². The average Bonchev–Trinajstić information content (AvgIpc) is 2.02. The van der Waals surface area contributed by atoms with E-state index in [9.17, 15) is 0 Å². The first-order valence-corrected chi connectivity index (χ1v) is 10.1. The third kappa shape index (κ3) is 11.0. The summed E-state index contributed by atoms with van der Waals surface area (Å²) in [6.07, 6.45) is 5.20. The number of unbranched alkanes of at least 4 members (excludes halogenated alkanes) is 4. The predicted octanol–water partition coefficient (Wildman–Crippen LogP) is 1.91. The first-order valence-electron chi connectivity index (χ1n) is 4.47. The average molecular weight is 299 g/mol. The van der Waals surface area contributed by atoms with Crippen molar-refractivity contribution >= 4 is 28.9 Å². The van der Waals surface area contributed by atoms with E-state index < -0.39 is 26.3 Å². The minimum absolute atomic E-state index is 0.471. The molecule has 2 radical (unpaired) electrons. The van der Waals surface area contributed by atoms with Gasteiger partial charge in [0.25, 0.3) is 0 Å². The van der Waals surface area contributed by atoms with Crippen LogP contribution in [0.2, 0.25) is 4.44 Å². The van der Waals surface area contributed by atoms with Crippen LogP contribution in [0.25, 0.3) is 0 Å². The summed E-state index contributed by atoms with van der Waals surface area (Å²) in [5.74, 6) is 0. The molecule has 0 bridgehead atoms. The monoisotopic (exact) mass is 300 g/mol. The molecular weight excluding hydrogens is 282 g/mol. The third-order valence-corrected chi connectivity index (χ3v) is 4.55. The van der Waals surface area contributed by atoms with Crippen LogP contribution in [0, 0.1) is 0 Å². The van der Waals surface area contributed by atoms with E-state index in [-0.39, 0.29) is 0 Å². The Balaban J connectivity index is 2.82. The Kier molecular flexibility index (Phi) is 10.9. The van der Waals surface area contributed by atoms with E-state index in [0.29, 0.717) is 6.42 Å². The molecule has 4 heteroatoms. The molecule has 0 heterocycles. The normalized spacial score (nSPS) is 11.0. The number of aliphatic hydroxyl groups is 2. The standard InChI is InChI=1S/C8H17O2.ClH.Sn/c1-2-3-4-5-6-7-8(9)10;;/h8-10H,1-7H2;1H;/q;;+1/p-1. The molecule has 0 aromatic rings. The van der Waals surface area contributed by atoms with Gasteiger partial charge in [-0.1, -0.05) is 0 Å². The van der Waals surface area contributed by atoms with Crippen LogP contribution in [-0.4, -0.2) is 36.5 Å². The van der Waals surface area contributed by atoms with Crippen molar-refractivity contribution in [3.05, 3.63) is 0 Å². The van der Waals surface area contributed by atoms with Gasteiger partial charge in [0, 0.05) is 0 Å². The molecule has 0 aromatic heterocycles. The molecule has 0 amide bonds. The van der Waals surface area contributed by atoms with Gasteiger partial charge >= 0.3 is 88.4 Å². The summed E-state index contributed by atoms with van der Waals surface area (Å²) in [7, 11) is 5.69. The molecule has 0 fully saturated rings. The topological polar surface area (TPSA) is 40.5 Å². The Morgan fingerprint density at radius 2 is 1.58 bits per heavy atom. The molecule has 0 atom stereocenters. The second-order valence-electron chi connectivity index (χ2n) is 2.92. The number of hydrogen-bond donors (Lipinski definition) is 2. The second kappa shape index (κ2) is 10.1. The Hall–Kier alpha value is 1.01. The summed E-state index contributed by atoms with van der Waals surface area (Å²) in [6, 6.07) is 0. The molecule has 0 unspecified atom stereocenters. The van der Waals surface area contributed by atoms with E-state index in [4.69, 9.17) is 19.1 Å². The molecule has 0 aliphatic carbocycles. The van der Waals surface area contributed by atoms with Crippen molar-refractivity contribution in [1.29, 1.82) is 0 Å². The van der Waals surface area contributed by atoms with Crippen molar-refractivity contribution in [3.63, 3.8) is 0 Å². The van der Waals surface area contributed by atoms with E-state index in [2.05, 4.69) is 0 Å². The van der Waals surface area contributed by atoms with Gasteiger partial charge in [0.2, 0.25) is 0 Å². The van der Waals surface area contributed by atoms with Crippen LogP contribution < -0.4 is 0 Å². The van der Waals surface area contributed by atoms with Crippen molar-refractivity contribution in [3.8, 4) is 0 Å². The molecule has 12 heavy (non-hydrogen) atoms. The van der Waals surface area contributed by atoms with Gasteiger partial charge in [-0.2, -0.15) is 0 Å². The van der Waals surface area contributed by atoms with Crippen LogP contribution in [0.3, 0.4) is 0 Å². The Morgan fingerprint density at radius 3 is 2.17 bits per heavy atom. The fourth-order valence-corrected chi connectivity index (χ4v) is 3.04. The maximum absolute atomic E-state index is 8.54. The maximum atomic E-state index is 8.54. The number of aliphatic hydroxyl groups excluding tert-OH is 1. The van der Waals surface area contributed by atoms with E-state index >= 15 is 0 Å². The van der Waals surface area contributed by atoms with Gasteiger partial charge in [-0.05, 0) is 0 Å². The van der Waals surface area contributed by atoms with Gasteiger partial charge in [0.15, 0.2) is 0 Å². The van der Waals surface area contributed by atoms with Gasteiger partial charge in [-0.3, -0.25) is 0 Å². The molecule has 72 valence electrons. The molecule has 0 saturated carbocycles. The van der Waals surface area contributed by atoms with Gasteiger partial charge in [-0.15, -0.1) is 0 Å². The molecule has 2 nitrogen and oxygen atoms in total. The fourth-order valence-electron chi connectivity index (χ4n) is 1.05. The van der Waals surface area contributed by atoms with Gasteiger partial charge in [-0.25, -0.2) is 0 Å². The van der Waals surface area contributed by atoms with Crippen LogP contribution in [-0.2, 0) is 0 Å². The summed E-state index contributed by atoms with van der Waals surface area (Å²) in [5.41, 5.74) is 0. The Bertz CT molecular complexity index is 91.1. The minimum atomic E-state index is -1.11. The molecule has 0 saturated heterocycles. The summed E-state index contributed by atoms with van der Waals surface area (Å²) >= 11 is -0.471. The van der Waals surface area contributed by atoms with Gasteiger partial charge in [0.05, 0.1) is 0 Å². The van der Waals surface area contributed by atoms with Crippen LogP contribution in [0.4, 0.5) is 0 Å². The number of halogens is 1. The number of hydrogen-bond acceptors (Lipinski definition) is 2.